The Bertz CT molecular complexity index is 1860. The summed E-state index contributed by atoms with van der Waals surface area (Å²) in [6.45, 7) is 0. The Morgan fingerprint density at radius 2 is 1.86 bits per heavy atom. The van der Waals surface area contributed by atoms with E-state index in [0.717, 1.165) is 18.4 Å². The van der Waals surface area contributed by atoms with Crippen molar-refractivity contribution in [3.8, 4) is 12.1 Å². The largest absolute Gasteiger partial charge is 0.377 e. The number of fused-ring (bicyclic) bond motifs is 1. The number of halogens is 2. The SMILES string of the molecule is [2H][C@](Nc1cc(Cl)c2ncc(C#N)c(N[C@H](CCC#N)c3ccccc3)c2c1)(c1ccc(F)cc1)c1cn(C2CC2)nn1. The quantitative estimate of drug-likeness (QED) is 0.177. The molecule has 208 valence electrons. The lowest BCUT2D eigenvalue weighted by atomic mass is 10.00. The first-order valence-electron chi connectivity index (χ1n) is 14.1. The summed E-state index contributed by atoms with van der Waals surface area (Å²) < 4.78 is 25.2. The van der Waals surface area contributed by atoms with Crippen LogP contribution >= 0.6 is 11.6 Å². The average molecular weight is 578 g/mol. The van der Waals surface area contributed by atoms with Crippen LogP contribution in [0.15, 0.2) is 79.1 Å². The molecule has 3 aromatic carbocycles. The lowest BCUT2D eigenvalue weighted by Crippen LogP contribution is -2.14. The maximum atomic E-state index is 13.9. The number of nitrogens with one attached hydrogen (secondary N) is 2. The molecule has 8 nitrogen and oxygen atoms in total. The average Bonchev–Trinajstić information content (AvgIpc) is 3.75. The van der Waals surface area contributed by atoms with Crippen LogP contribution in [0.25, 0.3) is 10.9 Å². The Labute approximate surface area is 248 Å². The zero-order valence-corrected chi connectivity index (χ0v) is 23.2. The molecular formula is C32H26ClFN8. The van der Waals surface area contributed by atoms with Crippen molar-refractivity contribution in [2.75, 3.05) is 10.6 Å². The number of benzene rings is 3. The van der Waals surface area contributed by atoms with Gasteiger partial charge in [-0.1, -0.05) is 59.3 Å². The highest BCUT2D eigenvalue weighted by Crippen LogP contribution is 2.38. The topological polar surface area (TPSA) is 115 Å². The van der Waals surface area contributed by atoms with Crippen molar-refractivity contribution in [2.45, 2.75) is 43.8 Å². The number of anilines is 2. The summed E-state index contributed by atoms with van der Waals surface area (Å²) in [6, 6.07) is 21.6. The highest BCUT2D eigenvalue weighted by molar-refractivity contribution is 6.35. The Morgan fingerprint density at radius 3 is 2.57 bits per heavy atom. The lowest BCUT2D eigenvalue weighted by Gasteiger charge is -2.23. The second-order valence-electron chi connectivity index (χ2n) is 10.1. The van der Waals surface area contributed by atoms with Gasteiger partial charge in [-0.2, -0.15) is 10.5 Å². The molecule has 0 saturated heterocycles. The first-order valence-corrected chi connectivity index (χ1v) is 13.9. The van der Waals surface area contributed by atoms with Gasteiger partial charge in [0, 0.05) is 23.7 Å². The number of hydrogen-bond acceptors (Lipinski definition) is 7. The molecule has 2 atom stereocenters. The van der Waals surface area contributed by atoms with E-state index >= 15 is 0 Å². The molecule has 0 radical (unpaired) electrons. The van der Waals surface area contributed by atoms with Crippen molar-refractivity contribution in [1.29, 1.82) is 10.5 Å². The van der Waals surface area contributed by atoms with Gasteiger partial charge in [0.25, 0.3) is 0 Å². The van der Waals surface area contributed by atoms with Crippen LogP contribution in [0.4, 0.5) is 15.8 Å². The van der Waals surface area contributed by atoms with Crippen LogP contribution in [0.5, 0.6) is 0 Å². The van der Waals surface area contributed by atoms with E-state index in [1.165, 1.54) is 30.5 Å². The van der Waals surface area contributed by atoms with Crippen LogP contribution < -0.4 is 10.6 Å². The summed E-state index contributed by atoms with van der Waals surface area (Å²) in [5.41, 5.74) is 3.51. The number of nitriles is 2. The Balaban J connectivity index is 1.45. The highest BCUT2D eigenvalue weighted by Gasteiger charge is 2.27. The zero-order valence-electron chi connectivity index (χ0n) is 23.4. The van der Waals surface area contributed by atoms with Crippen molar-refractivity contribution in [2.24, 2.45) is 0 Å². The molecule has 42 heavy (non-hydrogen) atoms. The van der Waals surface area contributed by atoms with Gasteiger partial charge < -0.3 is 10.6 Å². The van der Waals surface area contributed by atoms with Crippen molar-refractivity contribution in [3.63, 3.8) is 0 Å². The van der Waals surface area contributed by atoms with Gasteiger partial charge in [0.1, 0.15) is 17.6 Å². The molecule has 0 bridgehead atoms. The molecule has 0 spiro atoms. The van der Waals surface area contributed by atoms with Crippen molar-refractivity contribution < 1.29 is 5.76 Å². The van der Waals surface area contributed by atoms with Gasteiger partial charge in [0.15, 0.2) is 0 Å². The summed E-state index contributed by atoms with van der Waals surface area (Å²) in [5, 5.41) is 35.5. The van der Waals surface area contributed by atoms with E-state index in [0.29, 0.717) is 57.0 Å². The van der Waals surface area contributed by atoms with Gasteiger partial charge in [-0.05, 0) is 54.7 Å². The summed E-state index contributed by atoms with van der Waals surface area (Å²) >= 11 is 6.76. The summed E-state index contributed by atoms with van der Waals surface area (Å²) in [7, 11) is 0. The van der Waals surface area contributed by atoms with E-state index in [1.807, 2.05) is 30.3 Å². The molecule has 0 amide bonds. The maximum Gasteiger partial charge on any atom is 0.123 e. The monoisotopic (exact) mass is 577 g/mol. The van der Waals surface area contributed by atoms with Crippen molar-refractivity contribution in [3.05, 3.63) is 112 Å². The van der Waals surface area contributed by atoms with Gasteiger partial charge in [-0.3, -0.25) is 4.98 Å². The molecule has 1 fully saturated rings. The number of aromatic nitrogens is 4. The minimum absolute atomic E-state index is 0.261. The first kappa shape index (κ1) is 25.9. The van der Waals surface area contributed by atoms with E-state index in [2.05, 4.69) is 38.1 Å². The van der Waals surface area contributed by atoms with E-state index in [4.69, 9.17) is 11.6 Å². The third kappa shape index (κ3) is 5.74. The molecule has 1 aliphatic rings. The molecule has 5 aromatic rings. The predicted molar refractivity (Wildman–Crippen MR) is 159 cm³/mol. The van der Waals surface area contributed by atoms with Gasteiger partial charge in [-0.15, -0.1) is 5.10 Å². The molecule has 1 saturated carbocycles. The fraction of sp³-hybridized carbons (Fsp3) is 0.219. The third-order valence-electron chi connectivity index (χ3n) is 7.20. The fourth-order valence-electron chi connectivity index (χ4n) is 4.92. The lowest BCUT2D eigenvalue weighted by molar-refractivity contribution is 0.610. The summed E-state index contributed by atoms with van der Waals surface area (Å²) in [5.74, 6) is -0.420. The predicted octanol–water partition coefficient (Wildman–Crippen LogP) is 7.48. The zero-order chi connectivity index (χ0) is 30.0. The molecule has 1 aliphatic carbocycles. The third-order valence-corrected chi connectivity index (χ3v) is 7.49. The molecule has 10 heteroatoms. The number of rotatable bonds is 10. The van der Waals surface area contributed by atoms with Crippen LogP contribution in [0.2, 0.25) is 5.02 Å². The van der Waals surface area contributed by atoms with E-state index < -0.39 is 11.8 Å². The second-order valence-corrected chi connectivity index (χ2v) is 10.5. The van der Waals surface area contributed by atoms with Gasteiger partial charge in [0.2, 0.25) is 0 Å². The molecule has 2 heterocycles. The summed E-state index contributed by atoms with van der Waals surface area (Å²) in [6.07, 6.45) is 6.04. The number of hydrogen-bond donors (Lipinski definition) is 2. The minimum Gasteiger partial charge on any atom is -0.377 e. The Morgan fingerprint density at radius 1 is 1.07 bits per heavy atom. The van der Waals surface area contributed by atoms with Gasteiger partial charge in [-0.25, -0.2) is 9.07 Å². The van der Waals surface area contributed by atoms with Crippen LogP contribution in [-0.2, 0) is 0 Å². The smallest absolute Gasteiger partial charge is 0.123 e. The van der Waals surface area contributed by atoms with Crippen LogP contribution in [0.1, 0.15) is 67.5 Å². The Kier molecular flexibility index (Phi) is 7.32. The van der Waals surface area contributed by atoms with Crippen molar-refractivity contribution in [1.82, 2.24) is 20.0 Å². The standard InChI is InChI=1S/C32H26ClFN8/c33-27-16-24(38-31(21-8-10-23(34)11-9-21)29-19-42(41-40-29)25-12-13-25)15-26-30(22(17-36)18-37-32(26)27)39-28(7-4-14-35)20-5-2-1-3-6-20/h1-3,5-6,8-11,15-16,18-19,25,28,31,38H,4,7,12-13H2,(H,37,39)/t28-,31+/m1/s1/i31D. The fourth-order valence-corrected chi connectivity index (χ4v) is 5.18. The second kappa shape index (κ2) is 11.9. The van der Waals surface area contributed by atoms with Crippen molar-refractivity contribution >= 4 is 33.9 Å². The molecule has 0 unspecified atom stereocenters. The van der Waals surface area contributed by atoms with Crippen LogP contribution in [-0.4, -0.2) is 20.0 Å². The number of pyridine rings is 1. The summed E-state index contributed by atoms with van der Waals surface area (Å²) in [4.78, 5) is 4.46. The molecule has 2 N–H and O–H groups in total. The van der Waals surface area contributed by atoms with Crippen LogP contribution in [0, 0.1) is 28.5 Å². The highest BCUT2D eigenvalue weighted by atomic mass is 35.5. The van der Waals surface area contributed by atoms with E-state index in [-0.39, 0.29) is 12.1 Å². The van der Waals surface area contributed by atoms with E-state index in [1.54, 1.807) is 23.0 Å². The Hall–Kier alpha value is -4.99. The van der Waals surface area contributed by atoms with Gasteiger partial charge >= 0.3 is 0 Å². The first-order chi connectivity index (χ1) is 20.9. The molecule has 6 rings (SSSR count). The molecule has 2 aromatic heterocycles. The van der Waals surface area contributed by atoms with Crippen LogP contribution in [0.3, 0.4) is 0 Å². The van der Waals surface area contributed by atoms with Gasteiger partial charge in [0.05, 0.1) is 53.5 Å². The maximum absolute atomic E-state index is 13.9. The molecule has 0 aliphatic heterocycles. The molecular weight excluding hydrogens is 551 g/mol. The minimum atomic E-state index is -1.65. The normalized spacial score (nSPS) is 15.2. The van der Waals surface area contributed by atoms with E-state index in [9.17, 15) is 16.3 Å². The number of nitrogens with zero attached hydrogens (tertiary/aromatic N) is 6.